The third kappa shape index (κ3) is 3.26. The van der Waals surface area contributed by atoms with Crippen molar-refractivity contribution in [1.29, 1.82) is 0 Å². The van der Waals surface area contributed by atoms with Crippen molar-refractivity contribution in [3.05, 3.63) is 65.7 Å². The molecule has 2 aromatic rings. The molecule has 0 amide bonds. The molecule has 3 heteroatoms. The van der Waals surface area contributed by atoms with Crippen LogP contribution in [0.2, 0.25) is 0 Å². The molecule has 1 aliphatic rings. The lowest BCUT2D eigenvalue weighted by atomic mass is 9.96. The van der Waals surface area contributed by atoms with E-state index in [1.807, 2.05) is 12.1 Å². The lowest BCUT2D eigenvalue weighted by Gasteiger charge is -2.35. The van der Waals surface area contributed by atoms with E-state index in [1.165, 1.54) is 11.1 Å². The minimum atomic E-state index is 0.319. The van der Waals surface area contributed by atoms with Gasteiger partial charge in [0.25, 0.3) is 0 Å². The van der Waals surface area contributed by atoms with E-state index in [-0.39, 0.29) is 0 Å². The molecular formula is C18H22N2O. The summed E-state index contributed by atoms with van der Waals surface area (Å²) in [5, 5.41) is 3.43. The molecule has 2 aromatic carbocycles. The predicted molar refractivity (Wildman–Crippen MR) is 85.7 cm³/mol. The van der Waals surface area contributed by atoms with Crippen LogP contribution in [0.15, 0.2) is 54.6 Å². The number of ether oxygens (including phenoxy) is 1. The van der Waals surface area contributed by atoms with Gasteiger partial charge in [-0.15, -0.1) is 0 Å². The van der Waals surface area contributed by atoms with Crippen LogP contribution in [0.4, 0.5) is 0 Å². The van der Waals surface area contributed by atoms with Crippen molar-refractivity contribution < 1.29 is 4.74 Å². The van der Waals surface area contributed by atoms with Crippen molar-refractivity contribution in [2.24, 2.45) is 0 Å². The van der Waals surface area contributed by atoms with Crippen molar-refractivity contribution in [3.63, 3.8) is 0 Å². The van der Waals surface area contributed by atoms with E-state index in [9.17, 15) is 0 Å². The summed E-state index contributed by atoms with van der Waals surface area (Å²) in [4.78, 5) is 2.55. The molecule has 0 aromatic heterocycles. The maximum atomic E-state index is 5.28. The van der Waals surface area contributed by atoms with Crippen molar-refractivity contribution >= 4 is 0 Å². The summed E-state index contributed by atoms with van der Waals surface area (Å²) in [6.45, 7) is 4.26. The van der Waals surface area contributed by atoms with Crippen LogP contribution in [0, 0.1) is 0 Å². The quantitative estimate of drug-likeness (QED) is 0.933. The average Bonchev–Trinajstić information content (AvgIpc) is 2.58. The van der Waals surface area contributed by atoms with Gasteiger partial charge in [-0.2, -0.15) is 0 Å². The first kappa shape index (κ1) is 14.1. The van der Waals surface area contributed by atoms with E-state index < -0.39 is 0 Å². The first-order valence-electron chi connectivity index (χ1n) is 7.52. The monoisotopic (exact) mass is 282 g/mol. The fraction of sp³-hybridized carbons (Fsp3) is 0.333. The van der Waals surface area contributed by atoms with Gasteiger partial charge in [-0.3, -0.25) is 4.90 Å². The van der Waals surface area contributed by atoms with Gasteiger partial charge in [0.1, 0.15) is 5.75 Å². The Morgan fingerprint density at radius 3 is 2.14 bits per heavy atom. The molecule has 1 saturated heterocycles. The summed E-state index contributed by atoms with van der Waals surface area (Å²) >= 11 is 0. The fourth-order valence-electron chi connectivity index (χ4n) is 2.98. The van der Waals surface area contributed by atoms with Crippen LogP contribution in [0.3, 0.4) is 0 Å². The summed E-state index contributed by atoms with van der Waals surface area (Å²) < 4.78 is 5.28. The van der Waals surface area contributed by atoms with Crippen LogP contribution < -0.4 is 10.1 Å². The summed E-state index contributed by atoms with van der Waals surface area (Å²) in [7, 11) is 1.71. The van der Waals surface area contributed by atoms with E-state index in [1.54, 1.807) is 7.11 Å². The Bertz CT molecular complexity index is 547. The molecule has 0 saturated carbocycles. The smallest absolute Gasteiger partial charge is 0.118 e. The molecule has 0 aliphatic carbocycles. The highest BCUT2D eigenvalue weighted by molar-refractivity contribution is 5.35. The van der Waals surface area contributed by atoms with Gasteiger partial charge < -0.3 is 10.1 Å². The van der Waals surface area contributed by atoms with E-state index in [4.69, 9.17) is 4.74 Å². The van der Waals surface area contributed by atoms with E-state index >= 15 is 0 Å². The van der Waals surface area contributed by atoms with Gasteiger partial charge in [-0.05, 0) is 23.3 Å². The summed E-state index contributed by atoms with van der Waals surface area (Å²) in [5.41, 5.74) is 2.67. The summed E-state index contributed by atoms with van der Waals surface area (Å²) in [6, 6.07) is 19.5. The summed E-state index contributed by atoms with van der Waals surface area (Å²) in [5.74, 6) is 0.908. The Balaban J connectivity index is 1.94. The van der Waals surface area contributed by atoms with Crippen LogP contribution >= 0.6 is 0 Å². The topological polar surface area (TPSA) is 24.5 Å². The highest BCUT2D eigenvalue weighted by Crippen LogP contribution is 2.29. The zero-order chi connectivity index (χ0) is 14.5. The largest absolute Gasteiger partial charge is 0.497 e. The molecule has 0 bridgehead atoms. The number of hydrogen-bond acceptors (Lipinski definition) is 3. The van der Waals surface area contributed by atoms with Crippen LogP contribution in [0.25, 0.3) is 0 Å². The van der Waals surface area contributed by atoms with Gasteiger partial charge in [0.2, 0.25) is 0 Å². The molecule has 110 valence electrons. The first-order chi connectivity index (χ1) is 10.4. The lowest BCUT2D eigenvalue weighted by molar-refractivity contribution is 0.198. The Morgan fingerprint density at radius 1 is 0.905 bits per heavy atom. The summed E-state index contributed by atoms with van der Waals surface area (Å²) in [6.07, 6.45) is 0. The average molecular weight is 282 g/mol. The van der Waals surface area contributed by atoms with Crippen LogP contribution in [0.1, 0.15) is 17.2 Å². The molecule has 1 N–H and O–H groups in total. The van der Waals surface area contributed by atoms with Gasteiger partial charge in [0, 0.05) is 26.2 Å². The minimum absolute atomic E-state index is 0.319. The SMILES string of the molecule is COc1ccc(C(c2ccccc2)N2CCNCC2)cc1. The Labute approximate surface area is 126 Å². The third-order valence-electron chi connectivity index (χ3n) is 4.06. The second kappa shape index (κ2) is 6.74. The number of hydrogen-bond donors (Lipinski definition) is 1. The van der Waals surface area contributed by atoms with Crippen molar-refractivity contribution in [2.75, 3.05) is 33.3 Å². The molecular weight excluding hydrogens is 260 g/mol. The third-order valence-corrected chi connectivity index (χ3v) is 4.06. The van der Waals surface area contributed by atoms with Crippen LogP contribution in [-0.2, 0) is 0 Å². The highest BCUT2D eigenvalue weighted by Gasteiger charge is 2.23. The number of nitrogens with zero attached hydrogens (tertiary/aromatic N) is 1. The Kier molecular flexibility index (Phi) is 4.53. The van der Waals surface area contributed by atoms with Gasteiger partial charge in [0.15, 0.2) is 0 Å². The first-order valence-corrected chi connectivity index (χ1v) is 7.52. The number of benzene rings is 2. The Morgan fingerprint density at radius 2 is 1.52 bits per heavy atom. The van der Waals surface area contributed by atoms with Crippen molar-refractivity contribution in [3.8, 4) is 5.75 Å². The van der Waals surface area contributed by atoms with Crippen LogP contribution in [-0.4, -0.2) is 38.2 Å². The van der Waals surface area contributed by atoms with Gasteiger partial charge in [-0.25, -0.2) is 0 Å². The molecule has 1 fully saturated rings. The maximum absolute atomic E-state index is 5.28. The number of methoxy groups -OCH3 is 1. The highest BCUT2D eigenvalue weighted by atomic mass is 16.5. The standard InChI is InChI=1S/C18H22N2O/c1-21-17-9-7-16(8-10-17)18(15-5-3-2-4-6-15)20-13-11-19-12-14-20/h2-10,18-19H,11-14H2,1H3. The molecule has 3 rings (SSSR count). The molecule has 1 atom stereocenters. The lowest BCUT2D eigenvalue weighted by Crippen LogP contribution is -2.45. The van der Waals surface area contributed by atoms with Gasteiger partial charge in [0.05, 0.1) is 13.2 Å². The van der Waals surface area contributed by atoms with E-state index in [2.05, 4.69) is 52.7 Å². The van der Waals surface area contributed by atoms with E-state index in [0.717, 1.165) is 31.9 Å². The Hall–Kier alpha value is -1.84. The number of nitrogens with one attached hydrogen (secondary N) is 1. The number of rotatable bonds is 4. The molecule has 0 spiro atoms. The second-order valence-electron chi connectivity index (χ2n) is 5.37. The maximum Gasteiger partial charge on any atom is 0.118 e. The van der Waals surface area contributed by atoms with Gasteiger partial charge in [-0.1, -0.05) is 42.5 Å². The van der Waals surface area contributed by atoms with Gasteiger partial charge >= 0.3 is 0 Å². The van der Waals surface area contributed by atoms with Crippen molar-refractivity contribution in [2.45, 2.75) is 6.04 Å². The molecule has 1 heterocycles. The normalized spacial score (nSPS) is 17.4. The second-order valence-corrected chi connectivity index (χ2v) is 5.37. The number of piperazine rings is 1. The molecule has 3 nitrogen and oxygen atoms in total. The predicted octanol–water partition coefficient (Wildman–Crippen LogP) is 2.69. The fourth-order valence-corrected chi connectivity index (χ4v) is 2.98. The zero-order valence-electron chi connectivity index (χ0n) is 12.5. The molecule has 0 radical (unpaired) electrons. The molecule has 21 heavy (non-hydrogen) atoms. The van der Waals surface area contributed by atoms with Crippen molar-refractivity contribution in [1.82, 2.24) is 10.2 Å². The molecule has 1 aliphatic heterocycles. The van der Waals surface area contributed by atoms with E-state index in [0.29, 0.717) is 6.04 Å². The van der Waals surface area contributed by atoms with Crippen LogP contribution in [0.5, 0.6) is 5.75 Å². The minimum Gasteiger partial charge on any atom is -0.497 e. The zero-order valence-corrected chi connectivity index (χ0v) is 12.5. The molecule has 1 unspecified atom stereocenters.